The third kappa shape index (κ3) is 4.17. The number of amides is 2. The molecule has 0 aliphatic carbocycles. The van der Waals surface area contributed by atoms with Gasteiger partial charge in [0.2, 0.25) is 0 Å². The monoisotopic (exact) mass is 291 g/mol. The number of likely N-dealkylation sites (N-methyl/N-ethyl adjacent to an activating group) is 1. The van der Waals surface area contributed by atoms with Crippen LogP contribution in [0, 0.1) is 6.92 Å². The number of hydrogen-bond donors (Lipinski definition) is 3. The van der Waals surface area contributed by atoms with Crippen molar-refractivity contribution in [2.24, 2.45) is 0 Å². The van der Waals surface area contributed by atoms with E-state index in [1.165, 1.54) is 0 Å². The van der Waals surface area contributed by atoms with E-state index in [0.717, 1.165) is 18.7 Å². The number of hydrogen-bond acceptors (Lipinski definition) is 5. The van der Waals surface area contributed by atoms with Crippen molar-refractivity contribution in [3.63, 3.8) is 0 Å². The lowest BCUT2D eigenvalue weighted by atomic mass is 10.2. The van der Waals surface area contributed by atoms with Crippen LogP contribution in [0.1, 0.15) is 5.56 Å². The topological polar surface area (TPSA) is 90.7 Å². The van der Waals surface area contributed by atoms with E-state index in [4.69, 9.17) is 5.73 Å². The maximum atomic E-state index is 11.9. The number of carbonyl (C=O) groups excluding carboxylic acids is 2. The second-order valence-electron chi connectivity index (χ2n) is 5.28. The summed E-state index contributed by atoms with van der Waals surface area (Å²) < 4.78 is 0. The molecule has 1 aliphatic rings. The van der Waals surface area contributed by atoms with E-state index < -0.39 is 11.8 Å². The first-order valence-corrected chi connectivity index (χ1v) is 6.87. The third-order valence-corrected chi connectivity index (χ3v) is 3.42. The molecule has 0 unspecified atom stereocenters. The molecule has 21 heavy (non-hydrogen) atoms. The van der Waals surface area contributed by atoms with Gasteiger partial charge < -0.3 is 16.0 Å². The number of rotatable bonds is 2. The number of nitrogens with two attached hydrogens (primary N) is 1. The minimum absolute atomic E-state index is 0.441. The first-order chi connectivity index (χ1) is 9.95. The average molecular weight is 291 g/mol. The molecular formula is C14H21N5O2. The van der Waals surface area contributed by atoms with Gasteiger partial charge in [-0.25, -0.2) is 5.01 Å². The molecule has 7 nitrogen and oxygen atoms in total. The van der Waals surface area contributed by atoms with Crippen molar-refractivity contribution in [1.82, 2.24) is 15.3 Å². The summed E-state index contributed by atoms with van der Waals surface area (Å²) in [4.78, 5) is 25.9. The van der Waals surface area contributed by atoms with Crippen LogP contribution in [-0.2, 0) is 9.59 Å². The fraction of sp³-hybridized carbons (Fsp3) is 0.429. The number of aryl methyl sites for hydroxylation is 1. The summed E-state index contributed by atoms with van der Waals surface area (Å²) in [5.74, 6) is -1.40. The van der Waals surface area contributed by atoms with Crippen molar-refractivity contribution >= 4 is 23.2 Å². The SMILES string of the molecule is Cc1ccc(NC(=O)C(=O)NN2CCN(C)CC2)c(N)c1. The molecule has 0 aromatic heterocycles. The van der Waals surface area contributed by atoms with E-state index in [9.17, 15) is 9.59 Å². The van der Waals surface area contributed by atoms with Crippen molar-refractivity contribution < 1.29 is 9.59 Å². The molecule has 0 atom stereocenters. The second kappa shape index (κ2) is 6.55. The van der Waals surface area contributed by atoms with Gasteiger partial charge in [0.05, 0.1) is 11.4 Å². The number of nitrogen functional groups attached to an aromatic ring is 1. The van der Waals surface area contributed by atoms with Gasteiger partial charge in [-0.1, -0.05) is 6.07 Å². The molecule has 0 saturated carbocycles. The number of piperazine rings is 1. The molecule has 0 radical (unpaired) electrons. The van der Waals surface area contributed by atoms with E-state index in [1.54, 1.807) is 17.1 Å². The summed E-state index contributed by atoms with van der Waals surface area (Å²) >= 11 is 0. The molecular weight excluding hydrogens is 270 g/mol. The van der Waals surface area contributed by atoms with Crippen molar-refractivity contribution in [3.8, 4) is 0 Å². The molecule has 1 aliphatic heterocycles. The lowest BCUT2D eigenvalue weighted by molar-refractivity contribution is -0.139. The molecule has 1 heterocycles. The van der Waals surface area contributed by atoms with Crippen molar-refractivity contribution in [2.75, 3.05) is 44.3 Å². The van der Waals surface area contributed by atoms with Crippen LogP contribution in [-0.4, -0.2) is 54.9 Å². The van der Waals surface area contributed by atoms with Crippen LogP contribution in [0.25, 0.3) is 0 Å². The Morgan fingerprint density at radius 1 is 1.14 bits per heavy atom. The van der Waals surface area contributed by atoms with Crippen LogP contribution in [0.5, 0.6) is 0 Å². The Labute approximate surface area is 124 Å². The van der Waals surface area contributed by atoms with Crippen molar-refractivity contribution in [1.29, 1.82) is 0 Å². The zero-order valence-electron chi connectivity index (χ0n) is 12.3. The van der Waals surface area contributed by atoms with E-state index in [2.05, 4.69) is 15.6 Å². The number of anilines is 2. The first kappa shape index (κ1) is 15.3. The third-order valence-electron chi connectivity index (χ3n) is 3.42. The van der Waals surface area contributed by atoms with Gasteiger partial charge in [-0.2, -0.15) is 0 Å². The smallest absolute Gasteiger partial charge is 0.323 e. The average Bonchev–Trinajstić information content (AvgIpc) is 2.44. The Bertz CT molecular complexity index is 538. The molecule has 4 N–H and O–H groups in total. The Hall–Kier alpha value is -2.12. The van der Waals surface area contributed by atoms with Gasteiger partial charge in [-0.15, -0.1) is 0 Å². The minimum atomic E-state index is -0.718. The number of benzene rings is 1. The second-order valence-corrected chi connectivity index (χ2v) is 5.28. The molecule has 2 rings (SSSR count). The normalized spacial score (nSPS) is 16.5. The zero-order valence-corrected chi connectivity index (χ0v) is 12.3. The predicted molar refractivity (Wildman–Crippen MR) is 81.4 cm³/mol. The highest BCUT2D eigenvalue weighted by molar-refractivity contribution is 6.39. The molecule has 114 valence electrons. The summed E-state index contributed by atoms with van der Waals surface area (Å²) in [6.45, 7) is 5.01. The van der Waals surface area contributed by atoms with E-state index in [-0.39, 0.29) is 0 Å². The summed E-state index contributed by atoms with van der Waals surface area (Å²) in [5, 5.41) is 4.27. The van der Waals surface area contributed by atoms with Crippen LogP contribution < -0.4 is 16.5 Å². The highest BCUT2D eigenvalue weighted by Crippen LogP contribution is 2.19. The number of hydrazine groups is 1. The highest BCUT2D eigenvalue weighted by atomic mass is 16.2. The summed E-state index contributed by atoms with van der Waals surface area (Å²) in [6, 6.07) is 5.25. The molecule has 0 bridgehead atoms. The first-order valence-electron chi connectivity index (χ1n) is 6.87. The standard InChI is InChI=1S/C14H21N5O2/c1-10-3-4-12(11(15)9-10)16-13(20)14(21)17-19-7-5-18(2)6-8-19/h3-4,9H,5-8,15H2,1-2H3,(H,16,20)(H,17,21). The maximum Gasteiger partial charge on any atom is 0.323 e. The molecule has 2 amide bonds. The van der Waals surface area contributed by atoms with Crippen LogP contribution in [0.4, 0.5) is 11.4 Å². The van der Waals surface area contributed by atoms with Crippen molar-refractivity contribution in [2.45, 2.75) is 6.92 Å². The van der Waals surface area contributed by atoms with Gasteiger partial charge in [0.15, 0.2) is 0 Å². The van der Waals surface area contributed by atoms with Crippen LogP contribution in [0.15, 0.2) is 18.2 Å². The van der Waals surface area contributed by atoms with Crippen LogP contribution in [0.3, 0.4) is 0 Å². The quantitative estimate of drug-likeness (QED) is 0.518. The summed E-state index contributed by atoms with van der Waals surface area (Å²) in [5.41, 5.74) is 10.3. The lowest BCUT2D eigenvalue weighted by Crippen LogP contribution is -2.54. The van der Waals surface area contributed by atoms with Crippen LogP contribution >= 0.6 is 0 Å². The predicted octanol–water partition coefficient (Wildman–Crippen LogP) is -0.206. The van der Waals surface area contributed by atoms with Gasteiger partial charge in [-0.05, 0) is 31.7 Å². The Balaban J connectivity index is 1.89. The molecule has 1 aromatic rings. The molecule has 7 heteroatoms. The minimum Gasteiger partial charge on any atom is -0.397 e. The number of carbonyl (C=O) groups is 2. The lowest BCUT2D eigenvalue weighted by Gasteiger charge is -2.32. The maximum absolute atomic E-state index is 11.9. The fourth-order valence-corrected chi connectivity index (χ4v) is 2.09. The van der Waals surface area contributed by atoms with E-state index in [0.29, 0.717) is 24.5 Å². The van der Waals surface area contributed by atoms with E-state index >= 15 is 0 Å². The van der Waals surface area contributed by atoms with Gasteiger partial charge >= 0.3 is 11.8 Å². The molecule has 1 aromatic carbocycles. The van der Waals surface area contributed by atoms with Crippen LogP contribution in [0.2, 0.25) is 0 Å². The fourth-order valence-electron chi connectivity index (χ4n) is 2.09. The van der Waals surface area contributed by atoms with Gasteiger partial charge in [0.1, 0.15) is 0 Å². The highest BCUT2D eigenvalue weighted by Gasteiger charge is 2.20. The van der Waals surface area contributed by atoms with E-state index in [1.807, 2.05) is 20.0 Å². The van der Waals surface area contributed by atoms with Gasteiger partial charge in [0.25, 0.3) is 0 Å². The molecule has 0 spiro atoms. The summed E-state index contributed by atoms with van der Waals surface area (Å²) in [6.07, 6.45) is 0. The van der Waals surface area contributed by atoms with Crippen molar-refractivity contribution in [3.05, 3.63) is 23.8 Å². The number of nitrogens with one attached hydrogen (secondary N) is 2. The number of nitrogens with zero attached hydrogens (tertiary/aromatic N) is 2. The molecule has 1 fully saturated rings. The van der Waals surface area contributed by atoms with Gasteiger partial charge in [0, 0.05) is 26.2 Å². The Morgan fingerprint density at radius 2 is 1.81 bits per heavy atom. The Morgan fingerprint density at radius 3 is 2.43 bits per heavy atom. The largest absolute Gasteiger partial charge is 0.397 e. The van der Waals surface area contributed by atoms with Gasteiger partial charge in [-0.3, -0.25) is 15.0 Å². The zero-order chi connectivity index (χ0) is 15.4. The Kier molecular flexibility index (Phi) is 4.77. The molecule has 1 saturated heterocycles. The summed E-state index contributed by atoms with van der Waals surface area (Å²) in [7, 11) is 2.02.